The molecule has 1 aromatic rings. The molecule has 1 aromatic heterocycles. The lowest BCUT2D eigenvalue weighted by Gasteiger charge is -2.16. The Balaban J connectivity index is 2.24. The maximum Gasteiger partial charge on any atom is 0.254 e. The number of aliphatic hydroxyl groups excluding tert-OH is 2. The van der Waals surface area contributed by atoms with E-state index in [9.17, 15) is 15.0 Å². The highest BCUT2D eigenvalue weighted by Crippen LogP contribution is 2.19. The van der Waals surface area contributed by atoms with E-state index in [-0.39, 0.29) is 24.9 Å². The molecule has 0 aromatic carbocycles. The summed E-state index contributed by atoms with van der Waals surface area (Å²) in [6, 6.07) is 3.23. The van der Waals surface area contributed by atoms with Gasteiger partial charge in [0.1, 0.15) is 5.82 Å². The third kappa shape index (κ3) is 2.85. The van der Waals surface area contributed by atoms with Gasteiger partial charge in [0.25, 0.3) is 5.91 Å². The maximum atomic E-state index is 12.3. The zero-order valence-corrected chi connectivity index (χ0v) is 11.1. The average Bonchev–Trinajstić information content (AvgIpc) is 2.68. The number of anilines is 1. The van der Waals surface area contributed by atoms with Gasteiger partial charge >= 0.3 is 0 Å². The fraction of sp³-hybridized carbons (Fsp3) is 0.538. The van der Waals surface area contributed by atoms with Gasteiger partial charge < -0.3 is 20.8 Å². The van der Waals surface area contributed by atoms with Crippen LogP contribution >= 0.6 is 0 Å². The lowest BCUT2D eigenvalue weighted by Crippen LogP contribution is -2.30. The molecule has 4 N–H and O–H groups in total. The minimum Gasteiger partial charge on any atom is -0.388 e. The number of rotatable bonds is 2. The van der Waals surface area contributed by atoms with Crippen LogP contribution in [0.4, 0.5) is 5.82 Å². The lowest BCUT2D eigenvalue weighted by atomic mass is 10.1. The van der Waals surface area contributed by atoms with Gasteiger partial charge in [0.05, 0.1) is 12.2 Å². The van der Waals surface area contributed by atoms with Crippen molar-refractivity contribution in [3.8, 4) is 0 Å². The minimum atomic E-state index is -0.882. The number of pyridine rings is 1. The third-order valence-electron chi connectivity index (χ3n) is 3.25. The molecule has 2 unspecified atom stereocenters. The largest absolute Gasteiger partial charge is 0.388 e. The van der Waals surface area contributed by atoms with Gasteiger partial charge in [0.2, 0.25) is 0 Å². The molecule has 1 amide bonds. The molecular weight excluding hydrogens is 246 g/mol. The molecule has 1 aliphatic rings. The Labute approximate surface area is 111 Å². The van der Waals surface area contributed by atoms with E-state index in [2.05, 4.69) is 4.98 Å². The SMILES string of the molecule is CC(C)c1cc(C(=O)N2CC(O)C(O)C2)cc(N)n1. The van der Waals surface area contributed by atoms with E-state index in [4.69, 9.17) is 5.73 Å². The van der Waals surface area contributed by atoms with Crippen molar-refractivity contribution >= 4 is 11.7 Å². The highest BCUT2D eigenvalue weighted by atomic mass is 16.3. The monoisotopic (exact) mass is 265 g/mol. The summed E-state index contributed by atoms with van der Waals surface area (Å²) < 4.78 is 0. The predicted octanol–water partition coefficient (Wildman–Crippen LogP) is -0.0352. The van der Waals surface area contributed by atoms with Crippen LogP contribution in [-0.2, 0) is 0 Å². The summed E-state index contributed by atoms with van der Waals surface area (Å²) in [5.41, 5.74) is 6.90. The van der Waals surface area contributed by atoms with E-state index in [1.54, 1.807) is 6.07 Å². The molecule has 2 heterocycles. The Morgan fingerprint density at radius 2 is 1.95 bits per heavy atom. The summed E-state index contributed by atoms with van der Waals surface area (Å²) in [4.78, 5) is 17.9. The third-order valence-corrected chi connectivity index (χ3v) is 3.25. The molecule has 2 atom stereocenters. The van der Waals surface area contributed by atoms with Gasteiger partial charge in [-0.05, 0) is 18.1 Å². The zero-order chi connectivity index (χ0) is 14.2. The van der Waals surface area contributed by atoms with E-state index in [0.29, 0.717) is 11.4 Å². The lowest BCUT2D eigenvalue weighted by molar-refractivity contribution is 0.0572. The van der Waals surface area contributed by atoms with Crippen LogP contribution < -0.4 is 5.73 Å². The van der Waals surface area contributed by atoms with Gasteiger partial charge in [0.15, 0.2) is 0 Å². The quantitative estimate of drug-likeness (QED) is 0.697. The zero-order valence-electron chi connectivity index (χ0n) is 11.1. The number of nitrogen functional groups attached to an aromatic ring is 1. The molecule has 0 saturated carbocycles. The fourth-order valence-corrected chi connectivity index (χ4v) is 2.11. The second kappa shape index (κ2) is 5.14. The van der Waals surface area contributed by atoms with Crippen molar-refractivity contribution in [3.63, 3.8) is 0 Å². The number of aromatic nitrogens is 1. The smallest absolute Gasteiger partial charge is 0.254 e. The number of nitrogens with two attached hydrogens (primary N) is 1. The molecule has 1 fully saturated rings. The van der Waals surface area contributed by atoms with Crippen molar-refractivity contribution in [1.29, 1.82) is 0 Å². The van der Waals surface area contributed by atoms with E-state index < -0.39 is 12.2 Å². The predicted molar refractivity (Wildman–Crippen MR) is 70.7 cm³/mol. The second-order valence-corrected chi connectivity index (χ2v) is 5.21. The van der Waals surface area contributed by atoms with Crippen molar-refractivity contribution in [1.82, 2.24) is 9.88 Å². The normalized spacial score (nSPS) is 23.1. The topological polar surface area (TPSA) is 99.7 Å². The number of likely N-dealkylation sites (tertiary alicyclic amines) is 1. The summed E-state index contributed by atoms with van der Waals surface area (Å²) in [7, 11) is 0. The Bertz CT molecular complexity index is 480. The van der Waals surface area contributed by atoms with Gasteiger partial charge in [-0.3, -0.25) is 4.79 Å². The van der Waals surface area contributed by atoms with E-state index in [1.165, 1.54) is 11.0 Å². The van der Waals surface area contributed by atoms with Crippen LogP contribution in [0.1, 0.15) is 35.8 Å². The van der Waals surface area contributed by atoms with Crippen LogP contribution in [0.5, 0.6) is 0 Å². The fourth-order valence-electron chi connectivity index (χ4n) is 2.11. The van der Waals surface area contributed by atoms with Gasteiger partial charge in [0, 0.05) is 24.3 Å². The van der Waals surface area contributed by atoms with E-state index in [1.807, 2.05) is 13.8 Å². The first-order chi connectivity index (χ1) is 8.88. The van der Waals surface area contributed by atoms with Crippen LogP contribution in [-0.4, -0.2) is 51.3 Å². The first kappa shape index (κ1) is 13.8. The molecular formula is C13H19N3O3. The molecule has 104 valence electrons. The Morgan fingerprint density at radius 3 is 2.47 bits per heavy atom. The standard InChI is InChI=1S/C13H19N3O3/c1-7(2)9-3-8(4-12(14)15-9)13(19)16-5-10(17)11(18)6-16/h3-4,7,10-11,17-18H,5-6H2,1-2H3,(H2,14,15). The molecule has 19 heavy (non-hydrogen) atoms. The highest BCUT2D eigenvalue weighted by Gasteiger charge is 2.33. The summed E-state index contributed by atoms with van der Waals surface area (Å²) in [5, 5.41) is 19.0. The molecule has 2 rings (SSSR count). The summed E-state index contributed by atoms with van der Waals surface area (Å²) in [5.74, 6) is 0.228. The average molecular weight is 265 g/mol. The first-order valence-corrected chi connectivity index (χ1v) is 6.31. The number of carbonyl (C=O) groups excluding carboxylic acids is 1. The van der Waals surface area contributed by atoms with Crippen LogP contribution in [0.25, 0.3) is 0 Å². The summed E-state index contributed by atoms with van der Waals surface area (Å²) >= 11 is 0. The number of hydrogen-bond acceptors (Lipinski definition) is 5. The Morgan fingerprint density at radius 1 is 1.37 bits per heavy atom. The number of amides is 1. The Kier molecular flexibility index (Phi) is 3.73. The molecule has 0 aliphatic carbocycles. The highest BCUT2D eigenvalue weighted by molar-refractivity contribution is 5.95. The molecule has 0 bridgehead atoms. The number of aliphatic hydroxyl groups is 2. The van der Waals surface area contributed by atoms with Gasteiger partial charge in [-0.1, -0.05) is 13.8 Å². The van der Waals surface area contributed by atoms with Gasteiger partial charge in [-0.25, -0.2) is 4.98 Å². The number of nitrogens with zero attached hydrogens (tertiary/aromatic N) is 2. The minimum absolute atomic E-state index is 0.138. The van der Waals surface area contributed by atoms with Crippen molar-refractivity contribution < 1.29 is 15.0 Å². The molecule has 6 heteroatoms. The first-order valence-electron chi connectivity index (χ1n) is 6.31. The van der Waals surface area contributed by atoms with Gasteiger partial charge in [-0.2, -0.15) is 0 Å². The molecule has 0 radical (unpaired) electrons. The van der Waals surface area contributed by atoms with Crippen LogP contribution in [0, 0.1) is 0 Å². The van der Waals surface area contributed by atoms with Crippen molar-refractivity contribution in [2.24, 2.45) is 0 Å². The van der Waals surface area contributed by atoms with Crippen LogP contribution in [0.15, 0.2) is 12.1 Å². The van der Waals surface area contributed by atoms with Gasteiger partial charge in [-0.15, -0.1) is 0 Å². The number of hydrogen-bond donors (Lipinski definition) is 3. The number of carbonyl (C=O) groups is 1. The van der Waals surface area contributed by atoms with Crippen LogP contribution in [0.3, 0.4) is 0 Å². The van der Waals surface area contributed by atoms with Crippen LogP contribution in [0.2, 0.25) is 0 Å². The molecule has 6 nitrogen and oxygen atoms in total. The molecule has 1 aliphatic heterocycles. The van der Waals surface area contributed by atoms with Crippen molar-refractivity contribution in [2.75, 3.05) is 18.8 Å². The number of β-amino-alcohol motifs (C(OH)–C–C–N with tert-alkyl or cyclic N) is 2. The van der Waals surface area contributed by atoms with E-state index >= 15 is 0 Å². The molecule has 0 spiro atoms. The second-order valence-electron chi connectivity index (χ2n) is 5.21. The van der Waals surface area contributed by atoms with E-state index in [0.717, 1.165) is 5.69 Å². The van der Waals surface area contributed by atoms with Crippen molar-refractivity contribution in [2.45, 2.75) is 32.0 Å². The maximum absolute atomic E-state index is 12.3. The summed E-state index contributed by atoms with van der Waals surface area (Å²) in [6.07, 6.45) is -1.76. The molecule has 1 saturated heterocycles. The van der Waals surface area contributed by atoms with Crippen molar-refractivity contribution in [3.05, 3.63) is 23.4 Å². The Hall–Kier alpha value is -1.66. The summed E-state index contributed by atoms with van der Waals surface area (Å²) in [6.45, 7) is 4.22.